The van der Waals surface area contributed by atoms with Gasteiger partial charge in [-0.05, 0) is 97.7 Å². The molecule has 5 radical (unpaired) electrons. The molecule has 3 aromatic rings. The van der Waals surface area contributed by atoms with E-state index in [1.807, 2.05) is 32.1 Å². The van der Waals surface area contributed by atoms with Crippen molar-refractivity contribution in [2.45, 2.75) is 40.5 Å². The maximum atomic E-state index is 10.0. The fourth-order valence-electron chi connectivity index (χ4n) is 5.21. The number of benzene rings is 3. The molecule has 0 atom stereocenters. The Morgan fingerprint density at radius 1 is 0.538 bits per heavy atom. The molecule has 0 amide bonds. The summed E-state index contributed by atoms with van der Waals surface area (Å²) in [5.41, 5.74) is 0. The Balaban J connectivity index is 0. The maximum Gasteiger partial charge on any atom is 2.00 e. The molecule has 0 N–H and O–H groups in total. The van der Waals surface area contributed by atoms with Crippen molar-refractivity contribution in [1.82, 2.24) is 14.7 Å². The van der Waals surface area contributed by atoms with Crippen LogP contribution < -0.4 is 28.3 Å². The van der Waals surface area contributed by atoms with Gasteiger partial charge in [-0.15, -0.1) is 0 Å². The standard InChI is InChI=1S/C18H15P.C7H16N3P.2C5H8O2.C5H5.ClH.Ru.Zn/c1-4-10-16(11-5-1)19(17-12-6-2-7-13-17)18-14-8-3-9-15-18;1-8-3-10-4-9(2)6-11(5-8)7-10;2*1-4(6)3-5(2)7;1-2-4-5-3-1;;;/h1-15H;3-7H2,1-2H3;2*3H2,1-2H3;1-5H;1H;;/q;;;;;;2*+2/p-1. The molecule has 2 saturated heterocycles. The monoisotopic (exact) mass is 901 g/mol. The van der Waals surface area contributed by atoms with Gasteiger partial charge < -0.3 is 12.4 Å². The maximum absolute atomic E-state index is 10.0. The number of carbonyl (C=O) groups excluding carboxylic acids is 4. The largest absolute Gasteiger partial charge is 2.00 e. The molecular weight excluding hydrogens is 850 g/mol. The molecular formula is C40H52ClN3O4P2RuZn+3. The van der Waals surface area contributed by atoms with Crippen LogP contribution in [-0.4, -0.2) is 84.1 Å². The summed E-state index contributed by atoms with van der Waals surface area (Å²) in [6, 6.07) is 32.3. The van der Waals surface area contributed by atoms with Crippen LogP contribution in [0.25, 0.3) is 0 Å². The van der Waals surface area contributed by atoms with Crippen molar-refractivity contribution in [1.29, 1.82) is 0 Å². The van der Waals surface area contributed by atoms with Gasteiger partial charge in [0.1, 0.15) is 23.1 Å². The number of ketones is 4. The Labute approximate surface area is 347 Å². The molecule has 12 heteroatoms. The first-order chi connectivity index (χ1) is 23.4. The summed E-state index contributed by atoms with van der Waals surface area (Å²) in [7, 11) is 4.29. The van der Waals surface area contributed by atoms with Crippen molar-refractivity contribution < 1.29 is 70.5 Å². The molecule has 6 rings (SSSR count). The van der Waals surface area contributed by atoms with Crippen molar-refractivity contribution in [2.24, 2.45) is 0 Å². The number of fused-ring (bicyclic) bond motifs is 2. The number of carbonyl (C=O) groups is 4. The molecule has 275 valence electrons. The van der Waals surface area contributed by atoms with Crippen molar-refractivity contribution >= 4 is 54.9 Å². The van der Waals surface area contributed by atoms with Gasteiger partial charge in [-0.2, -0.15) is 0 Å². The quantitative estimate of drug-likeness (QED) is 0.205. The molecule has 7 nitrogen and oxygen atoms in total. The third-order valence-electron chi connectivity index (χ3n) is 6.76. The molecule has 0 aromatic heterocycles. The van der Waals surface area contributed by atoms with Crippen molar-refractivity contribution in [3.05, 3.63) is 123 Å². The van der Waals surface area contributed by atoms with Crippen LogP contribution in [0.4, 0.5) is 0 Å². The van der Waals surface area contributed by atoms with Gasteiger partial charge >= 0.3 is 39.0 Å². The van der Waals surface area contributed by atoms with Gasteiger partial charge in [-0.1, -0.05) is 98.9 Å². The van der Waals surface area contributed by atoms with E-state index < -0.39 is 7.92 Å². The third-order valence-corrected chi connectivity index (χ3v) is 11.8. The van der Waals surface area contributed by atoms with Crippen LogP contribution >= 0.6 is 15.8 Å². The Morgan fingerprint density at radius 3 is 1.02 bits per heavy atom. The molecule has 2 aliphatic heterocycles. The molecule has 3 fully saturated rings. The first kappa shape index (κ1) is 52.7. The van der Waals surface area contributed by atoms with Crippen LogP contribution in [-0.2, 0) is 58.1 Å². The first-order valence-corrected chi connectivity index (χ1v) is 19.6. The Bertz CT molecular complexity index is 1220. The third kappa shape index (κ3) is 24.1. The van der Waals surface area contributed by atoms with E-state index in [1.165, 1.54) is 75.8 Å². The van der Waals surface area contributed by atoms with E-state index in [4.69, 9.17) is 0 Å². The van der Waals surface area contributed by atoms with Crippen LogP contribution in [0.15, 0.2) is 91.0 Å². The topological polar surface area (TPSA) is 78.0 Å². The first-order valence-electron chi connectivity index (χ1n) is 16.4. The second-order valence-corrected chi connectivity index (χ2v) is 16.6. The summed E-state index contributed by atoms with van der Waals surface area (Å²) in [4.78, 5) is 47.6. The molecule has 3 aliphatic rings. The van der Waals surface area contributed by atoms with E-state index in [1.54, 1.807) is 0 Å². The second-order valence-electron chi connectivity index (χ2n) is 12.2. The molecule has 2 heterocycles. The SMILES string of the molecule is CC(=O)CC(C)=O.CC(=O)CC(C)=O.CN1CN2CN(C)CP(C1)C2.[CH]1[CH][CH][CH][CH]1.[Cl-].[Ru+2].[Zn+2].c1ccc(P(c2ccccc2)c2ccccc2)cc1. The molecule has 1 saturated carbocycles. The zero-order valence-corrected chi connectivity index (χ0v) is 38.6. The van der Waals surface area contributed by atoms with Gasteiger partial charge in [0.2, 0.25) is 0 Å². The number of halogens is 1. The summed E-state index contributed by atoms with van der Waals surface area (Å²) in [6.45, 7) is 7.96. The Morgan fingerprint density at radius 2 is 0.808 bits per heavy atom. The summed E-state index contributed by atoms with van der Waals surface area (Å²) >= 11 is 0. The fourth-order valence-corrected chi connectivity index (χ4v) is 10.1. The average molecular weight is 903 g/mol. The van der Waals surface area contributed by atoms with Crippen LogP contribution in [0, 0.1) is 32.1 Å². The van der Waals surface area contributed by atoms with Gasteiger partial charge in [0.05, 0.1) is 26.2 Å². The minimum atomic E-state index is -0.446. The van der Waals surface area contributed by atoms with Crippen LogP contribution in [0.2, 0.25) is 0 Å². The zero-order chi connectivity index (χ0) is 36.0. The number of nitrogens with zero attached hydrogens (tertiary/aromatic N) is 3. The molecule has 0 unspecified atom stereocenters. The second kappa shape index (κ2) is 30.9. The van der Waals surface area contributed by atoms with Gasteiger partial charge in [0.25, 0.3) is 0 Å². The van der Waals surface area contributed by atoms with E-state index in [2.05, 4.69) is 120 Å². The molecule has 2 bridgehead atoms. The number of hydrogen-bond acceptors (Lipinski definition) is 7. The molecule has 52 heavy (non-hydrogen) atoms. The van der Waals surface area contributed by atoms with Gasteiger partial charge in [0.15, 0.2) is 0 Å². The van der Waals surface area contributed by atoms with Crippen molar-refractivity contribution in [3.63, 3.8) is 0 Å². The minimum absolute atomic E-state index is 0. The van der Waals surface area contributed by atoms with E-state index in [0.717, 1.165) is 0 Å². The predicted molar refractivity (Wildman–Crippen MR) is 207 cm³/mol. The van der Waals surface area contributed by atoms with Crippen LogP contribution in [0.5, 0.6) is 0 Å². The van der Waals surface area contributed by atoms with Gasteiger partial charge in [-0.3, -0.25) is 33.9 Å². The Hall–Kier alpha value is -1.38. The van der Waals surface area contributed by atoms with Gasteiger partial charge in [-0.25, -0.2) is 0 Å². The molecule has 0 spiro atoms. The van der Waals surface area contributed by atoms with E-state index in [9.17, 15) is 19.2 Å². The Kier molecular flexibility index (Phi) is 31.3. The molecule has 3 aromatic carbocycles. The van der Waals surface area contributed by atoms with Crippen molar-refractivity contribution in [3.8, 4) is 0 Å². The fraction of sp³-hybridized carbons (Fsp3) is 0.325. The molecule has 1 aliphatic carbocycles. The predicted octanol–water partition coefficient (Wildman–Crippen LogP) is 3.02. The average Bonchev–Trinajstić information content (AvgIpc) is 3.63. The van der Waals surface area contributed by atoms with E-state index in [-0.39, 0.29) is 95.3 Å². The minimum Gasteiger partial charge on any atom is -1.00 e. The zero-order valence-electron chi connectivity index (χ0n) is 31.3. The number of Topliss-reactive ketones (excluding diaryl/α,β-unsaturated/α-hetero) is 4. The summed E-state index contributed by atoms with van der Waals surface area (Å²) in [5, 5.41) is 4.19. The van der Waals surface area contributed by atoms with Crippen molar-refractivity contribution in [2.75, 3.05) is 46.3 Å². The number of hydrogen-bond donors (Lipinski definition) is 0. The normalized spacial score (nSPS) is 17.1. The summed E-state index contributed by atoms with van der Waals surface area (Å²) < 4.78 is 0. The number of rotatable bonds is 7. The van der Waals surface area contributed by atoms with Crippen LogP contribution in [0.3, 0.4) is 0 Å². The van der Waals surface area contributed by atoms with E-state index in [0.29, 0.717) is 0 Å². The van der Waals surface area contributed by atoms with Gasteiger partial charge in [0, 0.05) is 18.9 Å². The summed E-state index contributed by atoms with van der Waals surface area (Å²) in [6.07, 6.45) is 14.2. The smallest absolute Gasteiger partial charge is 1.00 e. The van der Waals surface area contributed by atoms with Crippen LogP contribution in [0.1, 0.15) is 40.5 Å². The van der Waals surface area contributed by atoms with E-state index >= 15 is 0 Å². The summed E-state index contributed by atoms with van der Waals surface area (Å²) in [5.74, 6) is -0.250.